The molecule has 1 aliphatic heterocycles. The van der Waals surface area contributed by atoms with Crippen molar-refractivity contribution < 1.29 is 9.26 Å². The zero-order valence-corrected chi connectivity index (χ0v) is 17.7. The zero-order valence-electron chi connectivity index (χ0n) is 17.7. The van der Waals surface area contributed by atoms with E-state index >= 15 is 0 Å². The number of aliphatic imine (C=N–C) groups is 1. The first-order chi connectivity index (χ1) is 13.5. The van der Waals surface area contributed by atoms with E-state index < -0.39 is 0 Å². The lowest BCUT2D eigenvalue weighted by Gasteiger charge is -2.35. The summed E-state index contributed by atoms with van der Waals surface area (Å²) < 4.78 is 11.5. The fraction of sp³-hybridized carbons (Fsp3) is 0.545. The Morgan fingerprint density at radius 3 is 2.82 bits per heavy atom. The van der Waals surface area contributed by atoms with E-state index in [1.165, 1.54) is 16.7 Å². The number of rotatable bonds is 5. The molecule has 28 heavy (non-hydrogen) atoms. The highest BCUT2D eigenvalue weighted by molar-refractivity contribution is 5.80. The number of nitrogens with zero attached hydrogens (tertiary/aromatic N) is 3. The van der Waals surface area contributed by atoms with Gasteiger partial charge in [0, 0.05) is 19.2 Å². The number of nitrogens with one attached hydrogen (secondary N) is 1. The minimum atomic E-state index is 0.0519. The van der Waals surface area contributed by atoms with Gasteiger partial charge in [0.2, 0.25) is 0 Å². The van der Waals surface area contributed by atoms with E-state index in [4.69, 9.17) is 14.3 Å². The number of morpholine rings is 1. The summed E-state index contributed by atoms with van der Waals surface area (Å²) in [4.78, 5) is 7.06. The standard InChI is InChI=1S/C22H32N4O2/c1-6-23-22(24-13-18-12-20(15(2)3)25-28-18)26-9-10-27-21(14-26)19-8-7-16(4)11-17(19)5/h7-8,11-12,15,21H,6,9-10,13-14H2,1-5H3,(H,23,24). The molecule has 1 aromatic heterocycles. The third-order valence-corrected chi connectivity index (χ3v) is 5.03. The Kier molecular flexibility index (Phi) is 6.73. The Balaban J connectivity index is 1.73. The Bertz CT molecular complexity index is 813. The maximum Gasteiger partial charge on any atom is 0.194 e. The number of hydrogen-bond acceptors (Lipinski definition) is 4. The highest BCUT2D eigenvalue weighted by atomic mass is 16.5. The first-order valence-corrected chi connectivity index (χ1v) is 10.2. The molecule has 1 aromatic carbocycles. The number of aromatic nitrogens is 1. The van der Waals surface area contributed by atoms with Gasteiger partial charge in [-0.05, 0) is 37.8 Å². The van der Waals surface area contributed by atoms with Crippen molar-refractivity contribution in [2.24, 2.45) is 4.99 Å². The molecule has 152 valence electrons. The molecule has 0 radical (unpaired) electrons. The van der Waals surface area contributed by atoms with Gasteiger partial charge in [-0.1, -0.05) is 42.8 Å². The minimum Gasteiger partial charge on any atom is -0.370 e. The van der Waals surface area contributed by atoms with Crippen LogP contribution in [0.5, 0.6) is 0 Å². The van der Waals surface area contributed by atoms with Crippen molar-refractivity contribution in [2.45, 2.75) is 53.2 Å². The minimum absolute atomic E-state index is 0.0519. The van der Waals surface area contributed by atoms with Gasteiger partial charge in [-0.15, -0.1) is 0 Å². The van der Waals surface area contributed by atoms with Gasteiger partial charge in [0.05, 0.1) is 18.8 Å². The molecule has 2 heterocycles. The van der Waals surface area contributed by atoms with E-state index in [1.54, 1.807) is 0 Å². The first kappa shape index (κ1) is 20.4. The van der Waals surface area contributed by atoms with Crippen LogP contribution in [-0.4, -0.2) is 42.3 Å². The summed E-state index contributed by atoms with van der Waals surface area (Å²) >= 11 is 0. The largest absolute Gasteiger partial charge is 0.370 e. The van der Waals surface area contributed by atoms with Crippen molar-refractivity contribution >= 4 is 5.96 Å². The fourth-order valence-electron chi connectivity index (χ4n) is 3.47. The van der Waals surface area contributed by atoms with Gasteiger partial charge in [0.1, 0.15) is 12.6 Å². The van der Waals surface area contributed by atoms with Crippen LogP contribution >= 0.6 is 0 Å². The van der Waals surface area contributed by atoms with Crippen molar-refractivity contribution in [1.29, 1.82) is 0 Å². The van der Waals surface area contributed by atoms with Crippen molar-refractivity contribution in [3.8, 4) is 0 Å². The van der Waals surface area contributed by atoms with Gasteiger partial charge >= 0.3 is 0 Å². The molecule has 1 unspecified atom stereocenters. The molecule has 0 amide bonds. The first-order valence-electron chi connectivity index (χ1n) is 10.2. The van der Waals surface area contributed by atoms with Gasteiger partial charge in [-0.2, -0.15) is 0 Å². The van der Waals surface area contributed by atoms with E-state index in [0.29, 0.717) is 19.1 Å². The van der Waals surface area contributed by atoms with Crippen molar-refractivity contribution in [2.75, 3.05) is 26.2 Å². The Hall–Kier alpha value is -2.34. The van der Waals surface area contributed by atoms with Gasteiger partial charge < -0.3 is 19.5 Å². The molecule has 0 spiro atoms. The van der Waals surface area contributed by atoms with Crippen LogP contribution in [0.15, 0.2) is 33.8 Å². The molecule has 1 fully saturated rings. The zero-order chi connectivity index (χ0) is 20.1. The molecular formula is C22H32N4O2. The Morgan fingerprint density at radius 1 is 1.32 bits per heavy atom. The maximum atomic E-state index is 6.08. The monoisotopic (exact) mass is 384 g/mol. The molecule has 2 aromatic rings. The van der Waals surface area contributed by atoms with Crippen LogP contribution in [0.25, 0.3) is 0 Å². The van der Waals surface area contributed by atoms with E-state index in [-0.39, 0.29) is 6.10 Å². The quantitative estimate of drug-likeness (QED) is 0.625. The highest BCUT2D eigenvalue weighted by Gasteiger charge is 2.25. The third-order valence-electron chi connectivity index (χ3n) is 5.03. The molecule has 1 atom stereocenters. The molecule has 1 saturated heterocycles. The molecule has 1 aliphatic rings. The lowest BCUT2D eigenvalue weighted by molar-refractivity contribution is -0.00835. The van der Waals surface area contributed by atoms with Crippen molar-refractivity contribution in [3.05, 3.63) is 52.4 Å². The highest BCUT2D eigenvalue weighted by Crippen LogP contribution is 2.26. The van der Waals surface area contributed by atoms with Crippen LogP contribution in [-0.2, 0) is 11.3 Å². The van der Waals surface area contributed by atoms with Crippen molar-refractivity contribution in [3.63, 3.8) is 0 Å². The summed E-state index contributed by atoms with van der Waals surface area (Å²) in [5.41, 5.74) is 4.77. The van der Waals surface area contributed by atoms with Crippen LogP contribution in [0.3, 0.4) is 0 Å². The third kappa shape index (κ3) is 4.93. The maximum absolute atomic E-state index is 6.08. The molecule has 0 bridgehead atoms. The van der Waals surface area contributed by atoms with E-state index in [9.17, 15) is 0 Å². The molecule has 6 heteroatoms. The average molecular weight is 385 g/mol. The van der Waals surface area contributed by atoms with Crippen LogP contribution in [0, 0.1) is 13.8 Å². The average Bonchev–Trinajstić information content (AvgIpc) is 3.14. The predicted molar refractivity (Wildman–Crippen MR) is 112 cm³/mol. The van der Waals surface area contributed by atoms with E-state index in [0.717, 1.165) is 37.0 Å². The number of ether oxygens (including phenoxy) is 1. The normalized spacial score (nSPS) is 18.0. The predicted octanol–water partition coefficient (Wildman–Crippen LogP) is 3.95. The van der Waals surface area contributed by atoms with Crippen LogP contribution in [0.1, 0.15) is 60.9 Å². The lowest BCUT2D eigenvalue weighted by atomic mass is 10.00. The summed E-state index contributed by atoms with van der Waals surface area (Å²) in [5.74, 6) is 2.04. The summed E-state index contributed by atoms with van der Waals surface area (Å²) in [6.45, 7) is 14.2. The second kappa shape index (κ2) is 9.24. The Labute approximate surface area is 168 Å². The summed E-state index contributed by atoms with van der Waals surface area (Å²) in [5, 5.41) is 7.53. The van der Waals surface area contributed by atoms with Gasteiger partial charge in [0.25, 0.3) is 0 Å². The molecule has 0 saturated carbocycles. The lowest BCUT2D eigenvalue weighted by Crippen LogP contribution is -2.48. The van der Waals surface area contributed by atoms with Crippen LogP contribution in [0.2, 0.25) is 0 Å². The number of guanidine groups is 1. The van der Waals surface area contributed by atoms with E-state index in [1.807, 2.05) is 6.07 Å². The number of hydrogen-bond donors (Lipinski definition) is 1. The molecular weight excluding hydrogens is 352 g/mol. The van der Waals surface area contributed by atoms with Gasteiger partial charge in [0.15, 0.2) is 11.7 Å². The van der Waals surface area contributed by atoms with E-state index in [2.05, 4.69) is 68.2 Å². The smallest absolute Gasteiger partial charge is 0.194 e. The number of benzene rings is 1. The van der Waals surface area contributed by atoms with Gasteiger partial charge in [-0.25, -0.2) is 4.99 Å². The van der Waals surface area contributed by atoms with Crippen molar-refractivity contribution in [1.82, 2.24) is 15.4 Å². The molecule has 0 aliphatic carbocycles. The van der Waals surface area contributed by atoms with Crippen LogP contribution < -0.4 is 5.32 Å². The molecule has 6 nitrogen and oxygen atoms in total. The second-order valence-corrected chi connectivity index (χ2v) is 7.71. The molecule has 3 rings (SSSR count). The number of aryl methyl sites for hydroxylation is 2. The SMILES string of the molecule is CCNC(=NCc1cc(C(C)C)no1)N1CCOC(c2ccc(C)cc2C)C1. The summed E-state index contributed by atoms with van der Waals surface area (Å²) in [7, 11) is 0. The summed E-state index contributed by atoms with van der Waals surface area (Å²) in [6.07, 6.45) is 0.0519. The fourth-order valence-corrected chi connectivity index (χ4v) is 3.47. The topological polar surface area (TPSA) is 62.9 Å². The Morgan fingerprint density at radius 2 is 2.14 bits per heavy atom. The van der Waals surface area contributed by atoms with Gasteiger partial charge in [-0.3, -0.25) is 0 Å². The second-order valence-electron chi connectivity index (χ2n) is 7.71. The molecule has 1 N–H and O–H groups in total. The van der Waals surface area contributed by atoms with Crippen LogP contribution in [0.4, 0.5) is 0 Å². The summed E-state index contributed by atoms with van der Waals surface area (Å²) in [6, 6.07) is 8.55.